The molecule has 0 fully saturated rings. The molecule has 2 amide bonds. The van der Waals surface area contributed by atoms with Gasteiger partial charge in [0.1, 0.15) is 5.82 Å². The Kier molecular flexibility index (Phi) is 8.88. The lowest BCUT2D eigenvalue weighted by atomic mass is 10.1. The molecule has 0 saturated carbocycles. The third-order valence-electron chi connectivity index (χ3n) is 5.45. The van der Waals surface area contributed by atoms with Gasteiger partial charge >= 0.3 is 0 Å². The summed E-state index contributed by atoms with van der Waals surface area (Å²) in [4.78, 5) is 29.5. The van der Waals surface area contributed by atoms with Crippen LogP contribution in [0.5, 0.6) is 0 Å². The minimum Gasteiger partial charge on any atom is -0.377 e. The first-order valence-electron chi connectivity index (χ1n) is 11.5. The molecule has 0 aromatic heterocycles. The van der Waals surface area contributed by atoms with E-state index in [1.165, 1.54) is 12.1 Å². The van der Waals surface area contributed by atoms with Crippen LogP contribution < -0.4 is 10.2 Å². The maximum atomic E-state index is 13.9. The fourth-order valence-electron chi connectivity index (χ4n) is 3.87. The lowest BCUT2D eigenvalue weighted by Crippen LogP contribution is -2.31. The van der Waals surface area contributed by atoms with Crippen molar-refractivity contribution >= 4 is 34.8 Å². The second kappa shape index (κ2) is 11.8. The Morgan fingerprint density at radius 2 is 1.71 bits per heavy atom. The molecule has 0 aliphatic rings. The van der Waals surface area contributed by atoms with E-state index in [2.05, 4.69) is 5.32 Å². The lowest BCUT2D eigenvalue weighted by molar-refractivity contribution is -0.116. The zero-order chi connectivity index (χ0) is 25.5. The fraction of sp³-hybridized carbons (Fsp3) is 0.286. The minimum atomic E-state index is -0.364. The van der Waals surface area contributed by atoms with Crippen LogP contribution in [-0.4, -0.2) is 30.8 Å². The van der Waals surface area contributed by atoms with Crippen molar-refractivity contribution in [1.82, 2.24) is 4.90 Å². The molecule has 0 aliphatic heterocycles. The van der Waals surface area contributed by atoms with Crippen LogP contribution in [0.25, 0.3) is 0 Å². The van der Waals surface area contributed by atoms with Crippen molar-refractivity contribution in [3.05, 3.63) is 94.3 Å². The molecule has 0 spiro atoms. The Morgan fingerprint density at radius 1 is 0.971 bits per heavy atom. The molecule has 0 unspecified atom stereocenters. The highest BCUT2D eigenvalue weighted by atomic mass is 35.5. The van der Waals surface area contributed by atoms with E-state index < -0.39 is 0 Å². The van der Waals surface area contributed by atoms with Crippen molar-refractivity contribution in [2.45, 2.75) is 33.4 Å². The number of carbonyl (C=O) groups excluding carboxylic acids is 2. The summed E-state index contributed by atoms with van der Waals surface area (Å²) in [7, 11) is 3.84. The van der Waals surface area contributed by atoms with Gasteiger partial charge in [-0.2, -0.15) is 0 Å². The van der Waals surface area contributed by atoms with Gasteiger partial charge in [-0.15, -0.1) is 0 Å². The van der Waals surface area contributed by atoms with E-state index in [0.29, 0.717) is 28.3 Å². The van der Waals surface area contributed by atoms with Crippen molar-refractivity contribution in [3.63, 3.8) is 0 Å². The van der Waals surface area contributed by atoms with Gasteiger partial charge in [0.25, 0.3) is 5.91 Å². The molecule has 0 heterocycles. The standard InChI is InChI=1S/C28H31ClFN3O2/c1-19(2)14-27(34)31-23-12-13-26(32(3)4)21(16-23)18-33(17-20-8-7-9-22(30)15-20)28(35)24-10-5-6-11-25(24)29/h5-13,15-16,19H,14,17-18H2,1-4H3,(H,31,34). The minimum absolute atomic E-state index is 0.0627. The SMILES string of the molecule is CC(C)CC(=O)Nc1ccc(N(C)C)c(CN(Cc2cccc(F)c2)C(=O)c2ccccc2Cl)c1. The molecule has 184 valence electrons. The molecule has 5 nitrogen and oxygen atoms in total. The lowest BCUT2D eigenvalue weighted by Gasteiger charge is -2.27. The van der Waals surface area contributed by atoms with Gasteiger partial charge in [-0.3, -0.25) is 9.59 Å². The van der Waals surface area contributed by atoms with Gasteiger partial charge in [0, 0.05) is 45.0 Å². The second-order valence-electron chi connectivity index (χ2n) is 9.16. The molecule has 7 heteroatoms. The van der Waals surface area contributed by atoms with Crippen LogP contribution in [0.3, 0.4) is 0 Å². The molecule has 0 radical (unpaired) electrons. The summed E-state index contributed by atoms with van der Waals surface area (Å²) in [5.74, 6) is -0.451. The third kappa shape index (κ3) is 7.30. The first-order chi connectivity index (χ1) is 16.6. The van der Waals surface area contributed by atoms with Gasteiger partial charge in [0.05, 0.1) is 10.6 Å². The summed E-state index contributed by atoms with van der Waals surface area (Å²) in [6.45, 7) is 4.41. The van der Waals surface area contributed by atoms with Gasteiger partial charge < -0.3 is 15.1 Å². The molecule has 3 aromatic rings. The molecule has 3 aromatic carbocycles. The van der Waals surface area contributed by atoms with Crippen LogP contribution in [0.1, 0.15) is 41.8 Å². The van der Waals surface area contributed by atoms with Gasteiger partial charge in [0.2, 0.25) is 5.91 Å². The van der Waals surface area contributed by atoms with Crippen molar-refractivity contribution in [2.75, 3.05) is 24.3 Å². The van der Waals surface area contributed by atoms with Crippen LogP contribution in [0, 0.1) is 11.7 Å². The Balaban J connectivity index is 1.98. The molecular weight excluding hydrogens is 465 g/mol. The van der Waals surface area contributed by atoms with Crippen LogP contribution >= 0.6 is 11.6 Å². The Labute approximate surface area is 211 Å². The van der Waals surface area contributed by atoms with E-state index in [1.807, 2.05) is 51.0 Å². The summed E-state index contributed by atoms with van der Waals surface area (Å²) in [5, 5.41) is 3.30. The van der Waals surface area contributed by atoms with Gasteiger partial charge in [-0.25, -0.2) is 4.39 Å². The number of carbonyl (C=O) groups is 2. The van der Waals surface area contributed by atoms with Gasteiger partial charge in [-0.1, -0.05) is 49.7 Å². The topological polar surface area (TPSA) is 52.7 Å². The van der Waals surface area contributed by atoms with Crippen molar-refractivity contribution in [3.8, 4) is 0 Å². The van der Waals surface area contributed by atoms with Crippen LogP contribution in [0.15, 0.2) is 66.7 Å². The Morgan fingerprint density at radius 3 is 2.37 bits per heavy atom. The molecule has 1 N–H and O–H groups in total. The maximum absolute atomic E-state index is 13.9. The highest BCUT2D eigenvalue weighted by molar-refractivity contribution is 6.33. The van der Waals surface area contributed by atoms with Crippen molar-refractivity contribution in [1.29, 1.82) is 0 Å². The number of nitrogens with one attached hydrogen (secondary N) is 1. The highest BCUT2D eigenvalue weighted by Crippen LogP contribution is 2.27. The summed E-state index contributed by atoms with van der Waals surface area (Å²) in [6, 6.07) is 18.7. The number of rotatable bonds is 9. The number of hydrogen-bond donors (Lipinski definition) is 1. The molecular formula is C28H31ClFN3O2. The van der Waals surface area contributed by atoms with E-state index >= 15 is 0 Å². The van der Waals surface area contributed by atoms with Crippen molar-refractivity contribution < 1.29 is 14.0 Å². The number of amides is 2. The summed E-state index contributed by atoms with van der Waals surface area (Å²) < 4.78 is 13.9. The van der Waals surface area contributed by atoms with E-state index in [0.717, 1.165) is 11.3 Å². The normalized spacial score (nSPS) is 10.8. The largest absolute Gasteiger partial charge is 0.377 e. The molecule has 0 saturated heterocycles. The second-order valence-corrected chi connectivity index (χ2v) is 9.56. The average Bonchev–Trinajstić information content (AvgIpc) is 2.78. The quantitative estimate of drug-likeness (QED) is 0.375. The molecule has 0 bridgehead atoms. The number of nitrogens with zero attached hydrogens (tertiary/aromatic N) is 2. The molecule has 0 aliphatic carbocycles. The van der Waals surface area contributed by atoms with Crippen molar-refractivity contribution in [2.24, 2.45) is 5.92 Å². The van der Waals surface area contributed by atoms with Crippen LogP contribution in [-0.2, 0) is 17.9 Å². The molecule has 3 rings (SSSR count). The van der Waals surface area contributed by atoms with Gasteiger partial charge in [0.15, 0.2) is 0 Å². The van der Waals surface area contributed by atoms with Crippen LogP contribution in [0.2, 0.25) is 5.02 Å². The predicted molar refractivity (Wildman–Crippen MR) is 140 cm³/mol. The first-order valence-corrected chi connectivity index (χ1v) is 11.9. The number of anilines is 2. The number of halogens is 2. The zero-order valence-corrected chi connectivity index (χ0v) is 21.3. The predicted octanol–water partition coefficient (Wildman–Crippen LogP) is 6.37. The van der Waals surface area contributed by atoms with E-state index in [1.54, 1.807) is 41.3 Å². The molecule has 0 atom stereocenters. The zero-order valence-electron chi connectivity index (χ0n) is 20.5. The van der Waals surface area contributed by atoms with E-state index in [-0.39, 0.29) is 36.6 Å². The number of hydrogen-bond acceptors (Lipinski definition) is 3. The highest BCUT2D eigenvalue weighted by Gasteiger charge is 2.21. The first kappa shape index (κ1) is 26.2. The summed E-state index contributed by atoms with van der Waals surface area (Å²) in [6.07, 6.45) is 0.418. The van der Waals surface area contributed by atoms with Gasteiger partial charge in [-0.05, 0) is 59.5 Å². The van der Waals surface area contributed by atoms with E-state index in [4.69, 9.17) is 11.6 Å². The van der Waals surface area contributed by atoms with E-state index in [9.17, 15) is 14.0 Å². The summed E-state index contributed by atoms with van der Waals surface area (Å²) >= 11 is 6.34. The fourth-order valence-corrected chi connectivity index (χ4v) is 4.09. The van der Waals surface area contributed by atoms with Crippen LogP contribution in [0.4, 0.5) is 15.8 Å². The monoisotopic (exact) mass is 495 g/mol. The Hall–Kier alpha value is -3.38. The smallest absolute Gasteiger partial charge is 0.255 e. The molecule has 35 heavy (non-hydrogen) atoms. The Bertz CT molecular complexity index is 1200. The summed E-state index contributed by atoms with van der Waals surface area (Å²) in [5.41, 5.74) is 3.45. The third-order valence-corrected chi connectivity index (χ3v) is 5.78. The number of benzene rings is 3. The average molecular weight is 496 g/mol. The maximum Gasteiger partial charge on any atom is 0.255 e.